The molecule has 0 radical (unpaired) electrons. The lowest BCUT2D eigenvalue weighted by atomic mass is 10.0. The molecule has 0 bridgehead atoms. The number of amides is 2. The number of rotatable bonds is 5. The van der Waals surface area contributed by atoms with Gasteiger partial charge >= 0.3 is 6.18 Å². The van der Waals surface area contributed by atoms with Crippen molar-refractivity contribution in [2.45, 2.75) is 20.0 Å². The Morgan fingerprint density at radius 2 is 1.79 bits per heavy atom. The molecule has 2 aromatic carbocycles. The van der Waals surface area contributed by atoms with Gasteiger partial charge in [0.2, 0.25) is 0 Å². The largest absolute Gasteiger partial charge is 0.416 e. The first-order chi connectivity index (χ1) is 16.1. The van der Waals surface area contributed by atoms with Gasteiger partial charge in [-0.15, -0.1) is 6.42 Å². The molecule has 0 saturated heterocycles. The Labute approximate surface area is 194 Å². The van der Waals surface area contributed by atoms with Crippen LogP contribution in [0, 0.1) is 26.2 Å². The van der Waals surface area contributed by atoms with E-state index in [0.29, 0.717) is 28.2 Å². The van der Waals surface area contributed by atoms with Crippen molar-refractivity contribution < 1.29 is 22.8 Å². The number of allylic oxidation sites excluding steroid dienone is 1. The fourth-order valence-corrected chi connectivity index (χ4v) is 3.18. The predicted octanol–water partition coefficient (Wildman–Crippen LogP) is 5.87. The minimum Gasteiger partial charge on any atom is -0.322 e. The molecule has 0 unspecified atom stereocenters. The van der Waals surface area contributed by atoms with Crippen LogP contribution in [0.5, 0.6) is 0 Å². The molecular formula is C26H20F3N3O2. The zero-order valence-corrected chi connectivity index (χ0v) is 18.3. The summed E-state index contributed by atoms with van der Waals surface area (Å²) in [5.41, 5.74) is 1.95. The Morgan fingerprint density at radius 3 is 2.50 bits per heavy atom. The molecule has 2 amide bonds. The lowest BCUT2D eigenvalue weighted by Gasteiger charge is -2.14. The van der Waals surface area contributed by atoms with Crippen LogP contribution in [-0.2, 0) is 6.18 Å². The van der Waals surface area contributed by atoms with Crippen LogP contribution < -0.4 is 10.6 Å². The summed E-state index contributed by atoms with van der Waals surface area (Å²) >= 11 is 0. The van der Waals surface area contributed by atoms with E-state index in [9.17, 15) is 22.8 Å². The van der Waals surface area contributed by atoms with E-state index in [0.717, 1.165) is 17.7 Å². The van der Waals surface area contributed by atoms with Crippen LogP contribution >= 0.6 is 0 Å². The van der Waals surface area contributed by atoms with Crippen LogP contribution in [0.2, 0.25) is 0 Å². The predicted molar refractivity (Wildman–Crippen MR) is 125 cm³/mol. The molecule has 5 nitrogen and oxygen atoms in total. The Hall–Kier alpha value is -4.38. The van der Waals surface area contributed by atoms with Gasteiger partial charge in [-0.05, 0) is 68.0 Å². The number of alkyl halides is 3. The highest BCUT2D eigenvalue weighted by molar-refractivity contribution is 6.08. The van der Waals surface area contributed by atoms with Gasteiger partial charge in [-0.3, -0.25) is 14.6 Å². The van der Waals surface area contributed by atoms with Gasteiger partial charge in [0.05, 0.1) is 11.1 Å². The monoisotopic (exact) mass is 463 g/mol. The summed E-state index contributed by atoms with van der Waals surface area (Å²) < 4.78 is 38.8. The SMILES string of the molecule is C#C/C=C\c1c(C(=O)Nc2cc(NC(=O)c3cccc(C(F)(F)F)c3)ccc2C)ccnc1C. The standard InChI is InChI=1S/C26H20F3N3O2/c1-4-5-9-21-17(3)30-13-12-22(21)25(34)32-23-15-20(11-10-16(23)2)31-24(33)18-7-6-8-19(14-18)26(27,28)29/h1,5-15H,2-3H3,(H,31,33)(H,32,34)/b9-5-. The zero-order valence-electron chi connectivity index (χ0n) is 18.3. The summed E-state index contributed by atoms with van der Waals surface area (Å²) in [5, 5.41) is 5.37. The van der Waals surface area contributed by atoms with E-state index in [1.54, 1.807) is 38.1 Å². The molecule has 172 valence electrons. The molecule has 0 aliphatic carbocycles. The van der Waals surface area contributed by atoms with E-state index in [4.69, 9.17) is 6.42 Å². The van der Waals surface area contributed by atoms with E-state index in [2.05, 4.69) is 21.5 Å². The summed E-state index contributed by atoms with van der Waals surface area (Å²) in [4.78, 5) is 29.7. The summed E-state index contributed by atoms with van der Waals surface area (Å²) in [6.07, 6.45) is 5.32. The molecule has 3 aromatic rings. The molecule has 0 fully saturated rings. The van der Waals surface area contributed by atoms with Crippen molar-refractivity contribution >= 4 is 29.3 Å². The normalized spacial score (nSPS) is 11.2. The van der Waals surface area contributed by atoms with Crippen molar-refractivity contribution in [3.05, 3.63) is 94.3 Å². The maximum absolute atomic E-state index is 13.0. The third-order valence-electron chi connectivity index (χ3n) is 4.98. The molecule has 0 spiro atoms. The van der Waals surface area contributed by atoms with Crippen LogP contribution in [-0.4, -0.2) is 16.8 Å². The highest BCUT2D eigenvalue weighted by atomic mass is 19.4. The van der Waals surface area contributed by atoms with Crippen molar-refractivity contribution in [1.29, 1.82) is 0 Å². The van der Waals surface area contributed by atoms with Gasteiger partial charge in [0.1, 0.15) is 0 Å². The van der Waals surface area contributed by atoms with Gasteiger partial charge in [0, 0.05) is 34.4 Å². The summed E-state index contributed by atoms with van der Waals surface area (Å²) in [6, 6.07) is 10.5. The van der Waals surface area contributed by atoms with Gasteiger partial charge in [-0.1, -0.05) is 18.1 Å². The van der Waals surface area contributed by atoms with E-state index >= 15 is 0 Å². The molecule has 8 heteroatoms. The van der Waals surface area contributed by atoms with Gasteiger partial charge < -0.3 is 10.6 Å². The Morgan fingerprint density at radius 1 is 1.03 bits per heavy atom. The molecule has 1 aromatic heterocycles. The first-order valence-corrected chi connectivity index (χ1v) is 10.1. The van der Waals surface area contributed by atoms with Crippen LogP contribution in [0.25, 0.3) is 6.08 Å². The molecule has 0 aliphatic heterocycles. The van der Waals surface area contributed by atoms with Gasteiger partial charge in [-0.25, -0.2) is 0 Å². The minimum absolute atomic E-state index is 0.141. The second-order valence-corrected chi connectivity index (χ2v) is 7.37. The third kappa shape index (κ3) is 5.70. The lowest BCUT2D eigenvalue weighted by Crippen LogP contribution is -2.16. The van der Waals surface area contributed by atoms with Crippen molar-refractivity contribution in [2.75, 3.05) is 10.6 Å². The smallest absolute Gasteiger partial charge is 0.322 e. The highest BCUT2D eigenvalue weighted by Crippen LogP contribution is 2.30. The van der Waals surface area contributed by atoms with Crippen molar-refractivity contribution in [2.24, 2.45) is 0 Å². The van der Waals surface area contributed by atoms with Gasteiger partial charge in [0.15, 0.2) is 0 Å². The number of carbonyl (C=O) groups is 2. The Bertz CT molecular complexity index is 1320. The number of aryl methyl sites for hydroxylation is 2. The molecule has 34 heavy (non-hydrogen) atoms. The molecule has 3 rings (SSSR count). The van der Waals surface area contributed by atoms with E-state index in [-0.39, 0.29) is 5.56 Å². The Balaban J connectivity index is 1.84. The maximum Gasteiger partial charge on any atom is 0.416 e. The van der Waals surface area contributed by atoms with Crippen LogP contribution in [0.1, 0.15) is 43.1 Å². The zero-order chi connectivity index (χ0) is 24.9. The van der Waals surface area contributed by atoms with E-state index < -0.39 is 23.6 Å². The quantitative estimate of drug-likeness (QED) is 0.465. The van der Waals surface area contributed by atoms with Crippen LogP contribution in [0.3, 0.4) is 0 Å². The number of hydrogen-bond acceptors (Lipinski definition) is 3. The molecule has 0 aliphatic rings. The molecule has 0 saturated carbocycles. The Kier molecular flexibility index (Phi) is 7.17. The number of nitrogens with zero attached hydrogens (tertiary/aromatic N) is 1. The average molecular weight is 463 g/mol. The topological polar surface area (TPSA) is 71.1 Å². The van der Waals surface area contributed by atoms with E-state index in [1.807, 2.05) is 0 Å². The lowest BCUT2D eigenvalue weighted by molar-refractivity contribution is -0.137. The average Bonchev–Trinajstić information content (AvgIpc) is 2.79. The fourth-order valence-electron chi connectivity index (χ4n) is 3.18. The number of halogens is 3. The van der Waals surface area contributed by atoms with Crippen molar-refractivity contribution in [3.63, 3.8) is 0 Å². The van der Waals surface area contributed by atoms with Crippen LogP contribution in [0.4, 0.5) is 24.5 Å². The van der Waals surface area contributed by atoms with Crippen molar-refractivity contribution in [3.8, 4) is 12.3 Å². The number of benzene rings is 2. The van der Waals surface area contributed by atoms with E-state index in [1.165, 1.54) is 30.5 Å². The first-order valence-electron chi connectivity index (χ1n) is 10.1. The number of hydrogen-bond donors (Lipinski definition) is 2. The molecular weight excluding hydrogens is 443 g/mol. The first kappa shape index (κ1) is 24.3. The number of anilines is 2. The number of nitrogens with one attached hydrogen (secondary N) is 2. The molecule has 2 N–H and O–H groups in total. The second-order valence-electron chi connectivity index (χ2n) is 7.37. The third-order valence-corrected chi connectivity index (χ3v) is 4.98. The van der Waals surface area contributed by atoms with Crippen LogP contribution in [0.15, 0.2) is 60.8 Å². The second kappa shape index (κ2) is 10.0. The van der Waals surface area contributed by atoms with Gasteiger partial charge in [-0.2, -0.15) is 13.2 Å². The summed E-state index contributed by atoms with van der Waals surface area (Å²) in [7, 11) is 0. The number of carbonyl (C=O) groups excluding carboxylic acids is 2. The summed E-state index contributed by atoms with van der Waals surface area (Å²) in [5.74, 6) is 1.26. The molecule has 0 atom stereocenters. The number of terminal acetylenes is 1. The summed E-state index contributed by atoms with van der Waals surface area (Å²) in [6.45, 7) is 3.52. The minimum atomic E-state index is -4.56. The molecule has 1 heterocycles. The number of pyridine rings is 1. The number of aromatic nitrogens is 1. The van der Waals surface area contributed by atoms with Gasteiger partial charge in [0.25, 0.3) is 11.8 Å². The highest BCUT2D eigenvalue weighted by Gasteiger charge is 2.30. The maximum atomic E-state index is 13.0. The van der Waals surface area contributed by atoms with Crippen molar-refractivity contribution in [1.82, 2.24) is 4.98 Å². The fraction of sp³-hybridized carbons (Fsp3) is 0.115.